The summed E-state index contributed by atoms with van der Waals surface area (Å²) in [5.41, 5.74) is 0.983. The molecule has 5 heteroatoms. The molecule has 20 heavy (non-hydrogen) atoms. The second-order valence-corrected chi connectivity index (χ2v) is 4.48. The summed E-state index contributed by atoms with van der Waals surface area (Å²) in [4.78, 5) is 10.7. The van der Waals surface area contributed by atoms with E-state index in [4.69, 9.17) is 5.26 Å². The fourth-order valence-corrected chi connectivity index (χ4v) is 1.81. The van der Waals surface area contributed by atoms with Crippen LogP contribution in [0.4, 0.5) is 17.3 Å². The summed E-state index contributed by atoms with van der Waals surface area (Å²) in [6, 6.07) is 13.9. The Morgan fingerprint density at radius 2 is 2.00 bits per heavy atom. The maximum Gasteiger partial charge on any atom is 0.136 e. The maximum absolute atomic E-state index is 8.64. The molecule has 0 bridgehead atoms. The molecule has 0 unspecified atom stereocenters. The highest BCUT2D eigenvalue weighted by molar-refractivity contribution is 5.59. The minimum atomic E-state index is 0.473. The van der Waals surface area contributed by atoms with E-state index in [0.717, 1.165) is 17.3 Å². The number of para-hydroxylation sites is 1. The van der Waals surface area contributed by atoms with E-state index in [9.17, 15) is 0 Å². The van der Waals surface area contributed by atoms with Crippen LogP contribution >= 0.6 is 0 Å². The summed E-state index contributed by atoms with van der Waals surface area (Å²) in [6.45, 7) is 2.51. The van der Waals surface area contributed by atoms with Gasteiger partial charge in [-0.3, -0.25) is 0 Å². The zero-order chi connectivity index (χ0) is 14.4. The van der Waals surface area contributed by atoms with Gasteiger partial charge in [-0.15, -0.1) is 0 Å². The first kappa shape index (κ1) is 13.8. The molecule has 102 valence electrons. The molecule has 2 rings (SSSR count). The largest absolute Gasteiger partial charge is 0.358 e. The van der Waals surface area contributed by atoms with E-state index in [1.807, 2.05) is 55.3 Å². The lowest BCUT2D eigenvalue weighted by atomic mass is 10.3. The minimum Gasteiger partial charge on any atom is -0.358 e. The van der Waals surface area contributed by atoms with Crippen LogP contribution in [0.5, 0.6) is 0 Å². The number of nitrogens with zero attached hydrogens (tertiary/aromatic N) is 4. The lowest BCUT2D eigenvalue weighted by Gasteiger charge is -2.18. The van der Waals surface area contributed by atoms with Crippen LogP contribution in [0.15, 0.2) is 36.4 Å². The van der Waals surface area contributed by atoms with Crippen LogP contribution < -0.4 is 10.2 Å². The molecule has 0 radical (unpaired) electrons. The zero-order valence-electron chi connectivity index (χ0n) is 11.7. The Balaban J connectivity index is 2.18. The highest BCUT2D eigenvalue weighted by Gasteiger charge is 2.06. The molecule has 0 spiro atoms. The average molecular weight is 267 g/mol. The third-order valence-corrected chi connectivity index (χ3v) is 2.82. The van der Waals surface area contributed by atoms with Crippen LogP contribution in [0.2, 0.25) is 0 Å². The second-order valence-electron chi connectivity index (χ2n) is 4.48. The highest BCUT2D eigenvalue weighted by Crippen LogP contribution is 2.19. The van der Waals surface area contributed by atoms with E-state index in [0.29, 0.717) is 18.8 Å². The maximum atomic E-state index is 8.64. The number of aromatic nitrogens is 2. The van der Waals surface area contributed by atoms with Crippen LogP contribution in [0, 0.1) is 18.3 Å². The number of aryl methyl sites for hydroxylation is 1. The molecule has 0 aliphatic heterocycles. The molecule has 0 aliphatic rings. The number of nitrogens with one attached hydrogen (secondary N) is 1. The Morgan fingerprint density at radius 1 is 1.25 bits per heavy atom. The smallest absolute Gasteiger partial charge is 0.136 e. The Kier molecular flexibility index (Phi) is 4.51. The van der Waals surface area contributed by atoms with Gasteiger partial charge in [0.2, 0.25) is 0 Å². The zero-order valence-corrected chi connectivity index (χ0v) is 11.7. The third kappa shape index (κ3) is 3.69. The van der Waals surface area contributed by atoms with Gasteiger partial charge in [0.15, 0.2) is 0 Å². The molecule has 1 heterocycles. The van der Waals surface area contributed by atoms with Crippen LogP contribution in [-0.2, 0) is 0 Å². The van der Waals surface area contributed by atoms with Crippen molar-refractivity contribution in [3.05, 3.63) is 42.2 Å². The van der Waals surface area contributed by atoms with Crippen molar-refractivity contribution in [1.82, 2.24) is 9.97 Å². The first-order chi connectivity index (χ1) is 9.69. The summed E-state index contributed by atoms with van der Waals surface area (Å²) >= 11 is 0. The van der Waals surface area contributed by atoms with E-state index >= 15 is 0 Å². The molecule has 0 amide bonds. The summed E-state index contributed by atoms with van der Waals surface area (Å²) in [6.07, 6.45) is 0.473. The number of rotatable bonds is 5. The van der Waals surface area contributed by atoms with Gasteiger partial charge in [-0.25, -0.2) is 9.97 Å². The molecule has 0 aliphatic carbocycles. The van der Waals surface area contributed by atoms with Gasteiger partial charge >= 0.3 is 0 Å². The highest BCUT2D eigenvalue weighted by atomic mass is 15.2. The average Bonchev–Trinajstić information content (AvgIpc) is 2.45. The number of anilines is 3. The molecule has 1 aromatic heterocycles. The van der Waals surface area contributed by atoms with Gasteiger partial charge in [-0.05, 0) is 19.1 Å². The van der Waals surface area contributed by atoms with Gasteiger partial charge in [0.1, 0.15) is 17.5 Å². The van der Waals surface area contributed by atoms with Crippen molar-refractivity contribution in [2.45, 2.75) is 13.3 Å². The Labute approximate surface area is 118 Å². The molecular formula is C15H17N5. The van der Waals surface area contributed by atoms with E-state index in [1.54, 1.807) is 0 Å². The monoisotopic (exact) mass is 267 g/mol. The summed E-state index contributed by atoms with van der Waals surface area (Å²) in [5, 5.41) is 11.9. The summed E-state index contributed by atoms with van der Waals surface area (Å²) in [5.74, 6) is 2.26. The standard InChI is InChI=1S/C15H17N5/c1-12-17-14(19-13-7-4-3-5-8-13)11-15(18-12)20(2)10-6-9-16/h3-5,7-8,11H,6,10H2,1-2H3,(H,17,18,19). The molecule has 1 aromatic carbocycles. The van der Waals surface area contributed by atoms with Crippen LogP contribution in [0.3, 0.4) is 0 Å². The van der Waals surface area contributed by atoms with Crippen molar-refractivity contribution in [2.24, 2.45) is 0 Å². The fourth-order valence-electron chi connectivity index (χ4n) is 1.81. The number of benzene rings is 1. The van der Waals surface area contributed by atoms with Crippen LogP contribution in [-0.4, -0.2) is 23.6 Å². The molecule has 0 saturated heterocycles. The number of hydrogen-bond acceptors (Lipinski definition) is 5. The molecule has 1 N–H and O–H groups in total. The Bertz CT molecular complexity index is 603. The summed E-state index contributed by atoms with van der Waals surface area (Å²) in [7, 11) is 1.92. The third-order valence-electron chi connectivity index (χ3n) is 2.82. The van der Waals surface area contributed by atoms with E-state index < -0.39 is 0 Å². The lowest BCUT2D eigenvalue weighted by Crippen LogP contribution is -2.20. The fraction of sp³-hybridized carbons (Fsp3) is 0.267. The van der Waals surface area contributed by atoms with Gasteiger partial charge in [0.25, 0.3) is 0 Å². The number of hydrogen-bond donors (Lipinski definition) is 1. The SMILES string of the molecule is Cc1nc(Nc2ccccc2)cc(N(C)CCC#N)n1. The van der Waals surface area contributed by atoms with Gasteiger partial charge < -0.3 is 10.2 Å². The second kappa shape index (κ2) is 6.53. The molecule has 2 aromatic rings. The molecule has 0 saturated carbocycles. The predicted molar refractivity (Wildman–Crippen MR) is 80.0 cm³/mol. The van der Waals surface area contributed by atoms with Crippen molar-refractivity contribution < 1.29 is 0 Å². The quantitative estimate of drug-likeness (QED) is 0.902. The summed E-state index contributed by atoms with van der Waals surface area (Å²) < 4.78 is 0. The van der Waals surface area contributed by atoms with Crippen molar-refractivity contribution >= 4 is 17.3 Å². The molecule has 0 fully saturated rings. The number of nitriles is 1. The van der Waals surface area contributed by atoms with Gasteiger partial charge in [-0.1, -0.05) is 18.2 Å². The van der Waals surface area contributed by atoms with Gasteiger partial charge in [-0.2, -0.15) is 5.26 Å². The first-order valence-corrected chi connectivity index (χ1v) is 6.45. The van der Waals surface area contributed by atoms with Crippen molar-refractivity contribution in [3.8, 4) is 6.07 Å². The predicted octanol–water partition coefficient (Wildman–Crippen LogP) is 2.88. The van der Waals surface area contributed by atoms with Crippen molar-refractivity contribution in [3.63, 3.8) is 0 Å². The minimum absolute atomic E-state index is 0.473. The normalized spacial score (nSPS) is 9.85. The van der Waals surface area contributed by atoms with Crippen molar-refractivity contribution in [1.29, 1.82) is 5.26 Å². The topological polar surface area (TPSA) is 64.8 Å². The van der Waals surface area contributed by atoms with Gasteiger partial charge in [0.05, 0.1) is 12.5 Å². The molecular weight excluding hydrogens is 250 g/mol. The van der Waals surface area contributed by atoms with E-state index in [2.05, 4.69) is 21.4 Å². The van der Waals surface area contributed by atoms with Crippen LogP contribution in [0.25, 0.3) is 0 Å². The molecule has 0 atom stereocenters. The van der Waals surface area contributed by atoms with Crippen LogP contribution in [0.1, 0.15) is 12.2 Å². The first-order valence-electron chi connectivity index (χ1n) is 6.45. The van der Waals surface area contributed by atoms with E-state index in [-0.39, 0.29) is 0 Å². The van der Waals surface area contributed by atoms with Crippen molar-refractivity contribution in [2.75, 3.05) is 23.8 Å². The van der Waals surface area contributed by atoms with Gasteiger partial charge in [0, 0.05) is 25.3 Å². The lowest BCUT2D eigenvalue weighted by molar-refractivity contribution is 0.871. The Morgan fingerprint density at radius 3 is 2.70 bits per heavy atom. The van der Waals surface area contributed by atoms with E-state index in [1.165, 1.54) is 0 Å². The Hall–Kier alpha value is -2.61. The molecule has 5 nitrogen and oxygen atoms in total.